The van der Waals surface area contributed by atoms with Crippen LogP contribution < -0.4 is 15.4 Å². The van der Waals surface area contributed by atoms with Gasteiger partial charge in [-0.2, -0.15) is 0 Å². The Balaban J connectivity index is 1.51. The lowest BCUT2D eigenvalue weighted by Gasteiger charge is -2.21. The van der Waals surface area contributed by atoms with Crippen molar-refractivity contribution in [1.82, 2.24) is 5.32 Å². The van der Waals surface area contributed by atoms with Crippen LogP contribution >= 0.6 is 0 Å². The van der Waals surface area contributed by atoms with Gasteiger partial charge in [0.1, 0.15) is 18.1 Å². The van der Waals surface area contributed by atoms with Gasteiger partial charge in [-0.1, -0.05) is 25.1 Å². The smallest absolute Gasteiger partial charge is 0.142 e. The Labute approximate surface area is 143 Å². The van der Waals surface area contributed by atoms with Crippen molar-refractivity contribution in [2.24, 2.45) is 0 Å². The van der Waals surface area contributed by atoms with E-state index in [0.29, 0.717) is 11.8 Å². The Morgan fingerprint density at radius 1 is 1.17 bits per heavy atom. The largest absolute Gasteiger partial charge is 0.508 e. The predicted molar refractivity (Wildman–Crippen MR) is 98.0 cm³/mol. The molecule has 0 aliphatic carbocycles. The van der Waals surface area contributed by atoms with Crippen molar-refractivity contribution in [2.45, 2.75) is 32.2 Å². The van der Waals surface area contributed by atoms with Gasteiger partial charge in [-0.3, -0.25) is 0 Å². The summed E-state index contributed by atoms with van der Waals surface area (Å²) in [6, 6.07) is 14.4. The van der Waals surface area contributed by atoms with Gasteiger partial charge in [-0.25, -0.2) is 0 Å². The first kappa shape index (κ1) is 16.7. The summed E-state index contributed by atoms with van der Waals surface area (Å²) in [5, 5.41) is 16.4. The number of phenolic OH excluding ortho intramolecular Hbond substituents is 1. The second-order valence-electron chi connectivity index (χ2n) is 6.29. The topological polar surface area (TPSA) is 53.5 Å². The van der Waals surface area contributed by atoms with E-state index in [0.717, 1.165) is 50.4 Å². The maximum absolute atomic E-state index is 9.33. The monoisotopic (exact) mass is 326 g/mol. The van der Waals surface area contributed by atoms with Crippen LogP contribution in [-0.4, -0.2) is 30.8 Å². The molecule has 0 spiro atoms. The number of hydrogen-bond donors (Lipinski definition) is 3. The van der Waals surface area contributed by atoms with Crippen molar-refractivity contribution in [3.05, 3.63) is 53.6 Å². The molecule has 1 heterocycles. The van der Waals surface area contributed by atoms with Crippen LogP contribution in [0.5, 0.6) is 11.5 Å². The Morgan fingerprint density at radius 3 is 2.75 bits per heavy atom. The average molecular weight is 326 g/mol. The number of fused-ring (bicyclic) bond motifs is 1. The SMILES string of the molecule is CCC(Cc1ccc2c(c1)NCCO2)NCCc1ccc(O)cc1. The van der Waals surface area contributed by atoms with Crippen LogP contribution in [0.2, 0.25) is 0 Å². The third-order valence-electron chi connectivity index (χ3n) is 4.48. The quantitative estimate of drug-likeness (QED) is 0.730. The summed E-state index contributed by atoms with van der Waals surface area (Å²) in [7, 11) is 0. The Kier molecular flexibility index (Phi) is 5.59. The predicted octanol–water partition coefficient (Wildman–Crippen LogP) is 3.35. The van der Waals surface area contributed by atoms with Gasteiger partial charge in [0.05, 0.1) is 5.69 Å². The van der Waals surface area contributed by atoms with Gasteiger partial charge in [-0.15, -0.1) is 0 Å². The maximum Gasteiger partial charge on any atom is 0.142 e. The summed E-state index contributed by atoms with van der Waals surface area (Å²) < 4.78 is 5.64. The number of phenols is 1. The van der Waals surface area contributed by atoms with Gasteiger partial charge in [-0.05, 0) is 61.2 Å². The average Bonchev–Trinajstić information content (AvgIpc) is 2.62. The molecule has 3 rings (SSSR count). The second kappa shape index (κ2) is 8.06. The number of anilines is 1. The fourth-order valence-electron chi connectivity index (χ4n) is 3.04. The molecule has 24 heavy (non-hydrogen) atoms. The number of aromatic hydroxyl groups is 1. The fraction of sp³-hybridized carbons (Fsp3) is 0.400. The van der Waals surface area contributed by atoms with Gasteiger partial charge >= 0.3 is 0 Å². The number of ether oxygens (including phenoxy) is 1. The van der Waals surface area contributed by atoms with E-state index in [9.17, 15) is 5.11 Å². The van der Waals surface area contributed by atoms with Gasteiger partial charge < -0.3 is 20.5 Å². The summed E-state index contributed by atoms with van der Waals surface area (Å²) in [6.07, 6.45) is 3.08. The highest BCUT2D eigenvalue weighted by Gasteiger charge is 2.12. The lowest BCUT2D eigenvalue weighted by Crippen LogP contribution is -2.32. The molecule has 1 aliphatic heterocycles. The molecule has 2 aromatic rings. The molecule has 4 heteroatoms. The van der Waals surface area contributed by atoms with E-state index in [1.807, 2.05) is 12.1 Å². The number of nitrogens with one attached hydrogen (secondary N) is 2. The van der Waals surface area contributed by atoms with Gasteiger partial charge in [0.2, 0.25) is 0 Å². The van der Waals surface area contributed by atoms with E-state index in [1.165, 1.54) is 11.1 Å². The lowest BCUT2D eigenvalue weighted by atomic mass is 10.0. The Hall–Kier alpha value is -2.20. The molecule has 0 amide bonds. The molecule has 0 radical (unpaired) electrons. The zero-order valence-corrected chi connectivity index (χ0v) is 14.2. The van der Waals surface area contributed by atoms with Crippen molar-refractivity contribution in [2.75, 3.05) is 25.0 Å². The van der Waals surface area contributed by atoms with Crippen molar-refractivity contribution < 1.29 is 9.84 Å². The molecule has 3 N–H and O–H groups in total. The molecule has 0 fully saturated rings. The van der Waals surface area contributed by atoms with Crippen LogP contribution in [0, 0.1) is 0 Å². The van der Waals surface area contributed by atoms with Crippen LogP contribution in [-0.2, 0) is 12.8 Å². The Bertz CT molecular complexity index is 655. The zero-order valence-electron chi connectivity index (χ0n) is 14.2. The molecule has 0 saturated heterocycles. The van der Waals surface area contributed by atoms with Crippen LogP contribution in [0.15, 0.2) is 42.5 Å². The standard InChI is InChI=1S/C20H26N2O2/c1-2-17(21-10-9-15-3-6-18(23)7-4-15)13-16-5-8-20-19(14-16)22-11-12-24-20/h3-8,14,17,21-23H,2,9-13H2,1H3. The number of benzene rings is 2. The Morgan fingerprint density at radius 2 is 1.96 bits per heavy atom. The van der Waals surface area contributed by atoms with E-state index in [4.69, 9.17) is 4.74 Å². The first-order chi connectivity index (χ1) is 11.7. The van der Waals surface area contributed by atoms with Crippen molar-refractivity contribution in [3.8, 4) is 11.5 Å². The summed E-state index contributed by atoms with van der Waals surface area (Å²) in [6.45, 7) is 4.77. The molecule has 128 valence electrons. The van der Waals surface area contributed by atoms with Crippen molar-refractivity contribution >= 4 is 5.69 Å². The maximum atomic E-state index is 9.33. The summed E-state index contributed by atoms with van der Waals surface area (Å²) in [4.78, 5) is 0. The van der Waals surface area contributed by atoms with Crippen LogP contribution in [0.4, 0.5) is 5.69 Å². The van der Waals surface area contributed by atoms with E-state index in [2.05, 4.69) is 35.8 Å². The normalized spacial score (nSPS) is 14.4. The third-order valence-corrected chi connectivity index (χ3v) is 4.48. The van der Waals surface area contributed by atoms with Crippen LogP contribution in [0.25, 0.3) is 0 Å². The first-order valence-electron chi connectivity index (χ1n) is 8.75. The zero-order chi connectivity index (χ0) is 16.8. The highest BCUT2D eigenvalue weighted by molar-refractivity contribution is 5.59. The second-order valence-corrected chi connectivity index (χ2v) is 6.29. The van der Waals surface area contributed by atoms with Gasteiger partial charge in [0.15, 0.2) is 0 Å². The molecule has 1 aliphatic rings. The van der Waals surface area contributed by atoms with Gasteiger partial charge in [0, 0.05) is 12.6 Å². The molecule has 1 atom stereocenters. The van der Waals surface area contributed by atoms with Crippen molar-refractivity contribution in [1.29, 1.82) is 0 Å². The minimum atomic E-state index is 0.322. The van der Waals surface area contributed by atoms with Crippen LogP contribution in [0.3, 0.4) is 0 Å². The van der Waals surface area contributed by atoms with E-state index >= 15 is 0 Å². The lowest BCUT2D eigenvalue weighted by molar-refractivity contribution is 0.323. The molecule has 1 unspecified atom stereocenters. The molecule has 0 saturated carbocycles. The minimum Gasteiger partial charge on any atom is -0.508 e. The number of rotatable bonds is 7. The van der Waals surface area contributed by atoms with E-state index in [1.54, 1.807) is 12.1 Å². The van der Waals surface area contributed by atoms with Crippen LogP contribution in [0.1, 0.15) is 24.5 Å². The summed E-state index contributed by atoms with van der Waals surface area (Å²) in [5.41, 5.74) is 3.68. The highest BCUT2D eigenvalue weighted by Crippen LogP contribution is 2.28. The molecular formula is C20H26N2O2. The molecular weight excluding hydrogens is 300 g/mol. The molecule has 0 aromatic heterocycles. The van der Waals surface area contributed by atoms with E-state index in [-0.39, 0.29) is 0 Å². The third kappa shape index (κ3) is 4.42. The highest BCUT2D eigenvalue weighted by atomic mass is 16.5. The minimum absolute atomic E-state index is 0.322. The van der Waals surface area contributed by atoms with Crippen molar-refractivity contribution in [3.63, 3.8) is 0 Å². The summed E-state index contributed by atoms with van der Waals surface area (Å²) >= 11 is 0. The molecule has 4 nitrogen and oxygen atoms in total. The fourth-order valence-corrected chi connectivity index (χ4v) is 3.04. The van der Waals surface area contributed by atoms with E-state index < -0.39 is 0 Å². The summed E-state index contributed by atoms with van der Waals surface area (Å²) in [5.74, 6) is 1.28. The number of hydrogen-bond acceptors (Lipinski definition) is 4. The molecule has 0 bridgehead atoms. The first-order valence-corrected chi connectivity index (χ1v) is 8.75. The van der Waals surface area contributed by atoms with Gasteiger partial charge in [0.25, 0.3) is 0 Å². The molecule has 2 aromatic carbocycles.